The Labute approximate surface area is 431 Å². The molecular weight excluding hydrogens is 920 g/mol. The topological polar surface area (TPSA) is 40.2 Å². The van der Waals surface area contributed by atoms with Crippen molar-refractivity contribution in [3.8, 4) is 57.1 Å². The maximum absolute atomic E-state index is 7.31. The van der Waals surface area contributed by atoms with Crippen LogP contribution in [0.25, 0.3) is 11.1 Å². The third-order valence-corrected chi connectivity index (χ3v) is 20.3. The van der Waals surface area contributed by atoms with Crippen molar-refractivity contribution in [3.05, 3.63) is 261 Å². The van der Waals surface area contributed by atoms with Crippen molar-refractivity contribution < 1.29 is 18.9 Å². The Morgan fingerprint density at radius 3 is 1.14 bits per heavy atom. The molecule has 11 aromatic rings. The molecule has 0 aromatic heterocycles. The zero-order valence-electron chi connectivity index (χ0n) is 40.1. The molecule has 0 saturated carbocycles. The molecule has 0 amide bonds. The third-order valence-electron chi connectivity index (χ3n) is 15.4. The molecule has 5 nitrogen and oxygen atoms in total. The molecule has 74 heavy (non-hydrogen) atoms. The first-order valence-corrected chi connectivity index (χ1v) is 27.3. The number of ether oxygens (including phenoxy) is 4. The molecule has 4 aliphatic heterocycles. The van der Waals surface area contributed by atoms with Crippen molar-refractivity contribution in [2.75, 3.05) is 4.90 Å². The summed E-state index contributed by atoms with van der Waals surface area (Å²) in [7, 11) is -2.95. The average Bonchev–Trinajstić information content (AvgIpc) is 3.50. The minimum absolute atomic E-state index is 0.159. The van der Waals surface area contributed by atoms with Gasteiger partial charge >= 0.3 is 0 Å². The average molecular weight is 964 g/mol. The number of rotatable bonds is 8. The Kier molecular flexibility index (Phi) is 9.72. The zero-order valence-corrected chi connectivity index (χ0v) is 41.1. The normalized spacial score (nSPS) is 13.0. The van der Waals surface area contributed by atoms with E-state index in [9.17, 15) is 0 Å². The molecule has 4 aliphatic rings. The number of fused-ring (bicyclic) bond motifs is 8. The van der Waals surface area contributed by atoms with E-state index in [-0.39, 0.29) is 13.4 Å². The summed E-state index contributed by atoms with van der Waals surface area (Å²) in [5, 5.41) is 5.22. The standard InChI is InChI=1S/C66H43B2NO4Si/c1-6-22-45(23-7-1)69(46-24-8-2-9-25-46)47-40-62-66-63(41-47)73-59-43-58-54(42-55(59)68(66)53-34-18-20-36-57(53)71-62)67-52-33-17-19-35-56(52)70-60-38-44(39-61(72-58)65(60)67)51-32-16-21-37-64(51)74(48-26-10-3-11-27-48,49-28-12-4-13-29-49)50-30-14-5-15-31-50/h1-43H. The van der Waals surface area contributed by atoms with Gasteiger partial charge in [0, 0.05) is 40.5 Å². The highest BCUT2D eigenvalue weighted by Gasteiger charge is 2.47. The molecule has 0 bridgehead atoms. The van der Waals surface area contributed by atoms with E-state index in [4.69, 9.17) is 18.9 Å². The van der Waals surface area contributed by atoms with E-state index in [1.54, 1.807) is 0 Å². The molecule has 0 atom stereocenters. The summed E-state index contributed by atoms with van der Waals surface area (Å²) in [6.07, 6.45) is 0. The lowest BCUT2D eigenvalue weighted by Gasteiger charge is -2.38. The lowest BCUT2D eigenvalue weighted by molar-refractivity contribution is 0.452. The van der Waals surface area contributed by atoms with E-state index in [2.05, 4.69) is 248 Å². The van der Waals surface area contributed by atoms with E-state index in [0.717, 1.165) is 107 Å². The van der Waals surface area contributed by atoms with Gasteiger partial charge in [0.1, 0.15) is 46.0 Å². The molecular formula is C66H43B2NO4Si. The molecule has 0 fully saturated rings. The maximum Gasteiger partial charge on any atom is 0.260 e. The summed E-state index contributed by atoms with van der Waals surface area (Å²) in [5.74, 6) is 6.25. The molecule has 4 heterocycles. The highest BCUT2D eigenvalue weighted by Crippen LogP contribution is 2.44. The number of benzene rings is 11. The largest absolute Gasteiger partial charge is 0.458 e. The molecule has 0 unspecified atom stereocenters. The predicted octanol–water partition coefficient (Wildman–Crippen LogP) is 9.66. The first-order valence-electron chi connectivity index (χ1n) is 25.3. The van der Waals surface area contributed by atoms with Gasteiger partial charge in [-0.3, -0.25) is 0 Å². The first kappa shape index (κ1) is 42.4. The van der Waals surface area contributed by atoms with Crippen LogP contribution in [0.15, 0.2) is 261 Å². The van der Waals surface area contributed by atoms with Crippen molar-refractivity contribution in [3.63, 3.8) is 0 Å². The van der Waals surface area contributed by atoms with Gasteiger partial charge in [0.2, 0.25) is 0 Å². The van der Waals surface area contributed by atoms with Crippen LogP contribution in [-0.2, 0) is 0 Å². The SMILES string of the molecule is c1ccc(N(c2ccccc2)c2cc3c4c(c2)Oc2cc5c(cc2B4c2ccccc2O3)B2c3ccccc3Oc3cc(-c4ccccc4[Si](c4ccccc4)(c4ccccc4)c4ccccc4)cc(c32)O5)cc1. The van der Waals surface area contributed by atoms with Gasteiger partial charge in [-0.25, -0.2) is 0 Å². The Balaban J connectivity index is 0.918. The second-order valence-electron chi connectivity index (χ2n) is 19.4. The monoisotopic (exact) mass is 963 g/mol. The van der Waals surface area contributed by atoms with Crippen LogP contribution >= 0.6 is 0 Å². The minimum atomic E-state index is -2.95. The Morgan fingerprint density at radius 1 is 0.284 bits per heavy atom. The summed E-state index contributed by atoms with van der Waals surface area (Å²) >= 11 is 0. The number of anilines is 3. The predicted molar refractivity (Wildman–Crippen MR) is 306 cm³/mol. The molecule has 346 valence electrons. The molecule has 0 radical (unpaired) electrons. The van der Waals surface area contributed by atoms with Gasteiger partial charge in [0.15, 0.2) is 8.07 Å². The fourth-order valence-corrected chi connectivity index (χ4v) is 17.3. The summed E-state index contributed by atoms with van der Waals surface area (Å²) < 4.78 is 28.4. The van der Waals surface area contributed by atoms with Crippen molar-refractivity contribution in [2.45, 2.75) is 0 Å². The van der Waals surface area contributed by atoms with Crippen LogP contribution in [0, 0.1) is 0 Å². The van der Waals surface area contributed by atoms with Crippen LogP contribution in [0.2, 0.25) is 0 Å². The van der Waals surface area contributed by atoms with E-state index < -0.39 is 8.07 Å². The van der Waals surface area contributed by atoms with E-state index >= 15 is 0 Å². The second kappa shape index (κ2) is 16.9. The summed E-state index contributed by atoms with van der Waals surface area (Å²) in [6, 6.07) is 93.3. The molecule has 0 aliphatic carbocycles. The number of hydrogen-bond acceptors (Lipinski definition) is 5. The van der Waals surface area contributed by atoms with Gasteiger partial charge in [0.05, 0.1) is 5.69 Å². The van der Waals surface area contributed by atoms with Crippen molar-refractivity contribution in [2.24, 2.45) is 0 Å². The molecule has 0 N–H and O–H groups in total. The highest BCUT2D eigenvalue weighted by molar-refractivity contribution is 7.20. The number of para-hydroxylation sites is 4. The van der Waals surface area contributed by atoms with Gasteiger partial charge < -0.3 is 23.8 Å². The number of hydrogen-bond donors (Lipinski definition) is 0. The lowest BCUT2D eigenvalue weighted by Crippen LogP contribution is -2.75. The first-order chi connectivity index (χ1) is 36.7. The number of nitrogens with zero attached hydrogens (tertiary/aromatic N) is 1. The Hall–Kier alpha value is -9.23. The summed E-state index contributed by atoms with van der Waals surface area (Å²) in [4.78, 5) is 2.25. The molecule has 8 heteroatoms. The fourth-order valence-electron chi connectivity index (χ4n) is 12.4. The van der Waals surface area contributed by atoms with Crippen LogP contribution in [0.4, 0.5) is 17.1 Å². The Bertz CT molecular complexity index is 3860. The minimum Gasteiger partial charge on any atom is -0.458 e. The second-order valence-corrected chi connectivity index (χ2v) is 23.2. The van der Waals surface area contributed by atoms with Crippen LogP contribution in [0.5, 0.6) is 46.0 Å². The van der Waals surface area contributed by atoms with Crippen LogP contribution < -0.4 is 77.4 Å². The van der Waals surface area contributed by atoms with Gasteiger partial charge in [-0.1, -0.05) is 194 Å². The van der Waals surface area contributed by atoms with Gasteiger partial charge in [-0.2, -0.15) is 0 Å². The van der Waals surface area contributed by atoms with Crippen LogP contribution in [-0.4, -0.2) is 21.5 Å². The van der Waals surface area contributed by atoms with Gasteiger partial charge in [-0.15, -0.1) is 0 Å². The third kappa shape index (κ3) is 6.51. The van der Waals surface area contributed by atoms with Crippen molar-refractivity contribution in [1.29, 1.82) is 0 Å². The molecule has 0 saturated heterocycles. The molecule has 15 rings (SSSR count). The van der Waals surface area contributed by atoms with Gasteiger partial charge in [-0.05, 0) is 102 Å². The summed E-state index contributed by atoms with van der Waals surface area (Å²) in [5.41, 5.74) is 11.5. The smallest absolute Gasteiger partial charge is 0.260 e. The van der Waals surface area contributed by atoms with Crippen LogP contribution in [0.3, 0.4) is 0 Å². The van der Waals surface area contributed by atoms with Gasteiger partial charge in [0.25, 0.3) is 13.4 Å². The fraction of sp³-hybridized carbons (Fsp3) is 0. The molecule has 11 aromatic carbocycles. The van der Waals surface area contributed by atoms with Crippen molar-refractivity contribution >= 4 is 92.1 Å². The Morgan fingerprint density at radius 2 is 0.662 bits per heavy atom. The van der Waals surface area contributed by atoms with E-state index in [1.807, 2.05) is 18.2 Å². The molecule has 0 spiro atoms. The maximum atomic E-state index is 7.31. The quantitative estimate of drug-likeness (QED) is 0.112. The highest BCUT2D eigenvalue weighted by atomic mass is 28.3. The zero-order chi connectivity index (χ0) is 48.7. The van der Waals surface area contributed by atoms with E-state index in [1.165, 1.54) is 20.7 Å². The summed E-state index contributed by atoms with van der Waals surface area (Å²) in [6.45, 7) is -0.327. The van der Waals surface area contributed by atoms with E-state index in [0.29, 0.717) is 0 Å². The van der Waals surface area contributed by atoms with Crippen LogP contribution in [0.1, 0.15) is 0 Å². The lowest BCUT2D eigenvalue weighted by atomic mass is 9.31. The van der Waals surface area contributed by atoms with Crippen molar-refractivity contribution in [1.82, 2.24) is 0 Å².